The zero-order valence-corrected chi connectivity index (χ0v) is 12.0. The Morgan fingerprint density at radius 3 is 2.24 bits per heavy atom. The maximum atomic E-state index is 11.7. The number of aromatic amines is 1. The molecule has 0 saturated heterocycles. The first-order chi connectivity index (χ1) is 10.1. The molecule has 1 heterocycles. The molecule has 112 valence electrons. The molecule has 0 unspecified atom stereocenters. The van der Waals surface area contributed by atoms with Gasteiger partial charge < -0.3 is 24.3 Å². The van der Waals surface area contributed by atoms with E-state index in [0.717, 1.165) is 11.9 Å². The van der Waals surface area contributed by atoms with Gasteiger partial charge in [0.25, 0.3) is 5.56 Å². The largest absolute Gasteiger partial charge is 0.493 e. The molecule has 7 heteroatoms. The summed E-state index contributed by atoms with van der Waals surface area (Å²) in [6, 6.07) is 3.43. The smallest absolute Gasteiger partial charge is 0.258 e. The van der Waals surface area contributed by atoms with Crippen LogP contribution in [0.5, 0.6) is 23.1 Å². The van der Waals surface area contributed by atoms with Gasteiger partial charge in [0.1, 0.15) is 0 Å². The topological polar surface area (TPSA) is 93.7 Å². The van der Waals surface area contributed by atoms with Crippen molar-refractivity contribution in [2.24, 2.45) is 0 Å². The van der Waals surface area contributed by atoms with E-state index in [1.54, 1.807) is 12.1 Å². The van der Waals surface area contributed by atoms with Crippen LogP contribution in [0.1, 0.15) is 11.1 Å². The molecule has 0 aliphatic rings. The van der Waals surface area contributed by atoms with Gasteiger partial charge in [0.2, 0.25) is 11.6 Å². The molecule has 0 bridgehead atoms. The highest BCUT2D eigenvalue weighted by molar-refractivity contribution is 5.54. The molecule has 2 aromatic rings. The molecule has 1 aromatic carbocycles. The van der Waals surface area contributed by atoms with Crippen LogP contribution in [0.3, 0.4) is 0 Å². The van der Waals surface area contributed by atoms with Gasteiger partial charge in [-0.1, -0.05) is 0 Å². The first-order valence-electron chi connectivity index (χ1n) is 6.15. The molecular weight excluding hydrogens is 276 g/mol. The first-order valence-corrected chi connectivity index (χ1v) is 6.15. The molecule has 1 aromatic heterocycles. The van der Waals surface area contributed by atoms with Gasteiger partial charge in [-0.2, -0.15) is 0 Å². The number of H-pyrrole nitrogens is 1. The van der Waals surface area contributed by atoms with Crippen molar-refractivity contribution in [2.75, 3.05) is 21.3 Å². The maximum absolute atomic E-state index is 11.7. The number of ether oxygens (including phenoxy) is 3. The second-order valence-corrected chi connectivity index (χ2v) is 4.24. The molecule has 0 aliphatic heterocycles. The number of aromatic nitrogens is 2. The first kappa shape index (κ1) is 14.7. The number of aromatic hydroxyl groups is 1. The minimum absolute atomic E-state index is 0.173. The van der Waals surface area contributed by atoms with Gasteiger partial charge in [0.05, 0.1) is 33.2 Å². The predicted molar refractivity (Wildman–Crippen MR) is 75.4 cm³/mol. The van der Waals surface area contributed by atoms with Crippen LogP contribution in [0.4, 0.5) is 0 Å². The highest BCUT2D eigenvalue weighted by atomic mass is 16.5. The highest BCUT2D eigenvalue weighted by Crippen LogP contribution is 2.38. The van der Waals surface area contributed by atoms with E-state index < -0.39 is 5.56 Å². The number of benzene rings is 1. The van der Waals surface area contributed by atoms with Crippen LogP contribution in [0.15, 0.2) is 23.3 Å². The van der Waals surface area contributed by atoms with Gasteiger partial charge in [-0.05, 0) is 17.7 Å². The van der Waals surface area contributed by atoms with Crippen molar-refractivity contribution in [3.05, 3.63) is 39.9 Å². The van der Waals surface area contributed by atoms with Crippen molar-refractivity contribution < 1.29 is 19.3 Å². The van der Waals surface area contributed by atoms with E-state index in [1.165, 1.54) is 21.3 Å². The highest BCUT2D eigenvalue weighted by Gasteiger charge is 2.15. The summed E-state index contributed by atoms with van der Waals surface area (Å²) in [5, 5.41) is 9.69. The number of rotatable bonds is 5. The third-order valence-electron chi connectivity index (χ3n) is 3.03. The van der Waals surface area contributed by atoms with E-state index >= 15 is 0 Å². The fourth-order valence-corrected chi connectivity index (χ4v) is 2.02. The molecule has 2 N–H and O–H groups in total. The Morgan fingerprint density at radius 1 is 1.14 bits per heavy atom. The van der Waals surface area contributed by atoms with E-state index in [1.807, 2.05) is 0 Å². The summed E-state index contributed by atoms with van der Waals surface area (Å²) in [6.07, 6.45) is 1.34. The van der Waals surface area contributed by atoms with Crippen molar-refractivity contribution in [3.63, 3.8) is 0 Å². The molecule has 21 heavy (non-hydrogen) atoms. The minimum Gasteiger partial charge on any atom is -0.493 e. The Morgan fingerprint density at radius 2 is 1.76 bits per heavy atom. The summed E-state index contributed by atoms with van der Waals surface area (Å²) >= 11 is 0. The van der Waals surface area contributed by atoms with Crippen LogP contribution >= 0.6 is 0 Å². The average Bonchev–Trinajstić information content (AvgIpc) is 2.49. The predicted octanol–water partition coefficient (Wildman–Crippen LogP) is 1.09. The molecule has 7 nitrogen and oxygen atoms in total. The van der Waals surface area contributed by atoms with Gasteiger partial charge in [-0.25, -0.2) is 4.98 Å². The molecule has 0 atom stereocenters. The normalized spacial score (nSPS) is 10.2. The molecule has 2 rings (SSSR count). The van der Waals surface area contributed by atoms with Gasteiger partial charge in [-0.3, -0.25) is 4.79 Å². The summed E-state index contributed by atoms with van der Waals surface area (Å²) in [4.78, 5) is 17.8. The van der Waals surface area contributed by atoms with Gasteiger partial charge in [0, 0.05) is 6.42 Å². The van der Waals surface area contributed by atoms with E-state index in [0.29, 0.717) is 17.2 Å². The number of hydrogen-bond donors (Lipinski definition) is 2. The Hall–Kier alpha value is -2.70. The Labute approximate surface area is 121 Å². The summed E-state index contributed by atoms with van der Waals surface area (Å²) in [5.41, 5.74) is 0.501. The summed E-state index contributed by atoms with van der Waals surface area (Å²) in [5.74, 6) is 1.12. The zero-order chi connectivity index (χ0) is 15.4. The second-order valence-electron chi connectivity index (χ2n) is 4.24. The molecule has 0 aliphatic carbocycles. The number of hydrogen-bond acceptors (Lipinski definition) is 6. The van der Waals surface area contributed by atoms with Crippen molar-refractivity contribution in [1.82, 2.24) is 9.97 Å². The van der Waals surface area contributed by atoms with Crippen LogP contribution in [-0.2, 0) is 6.42 Å². The van der Waals surface area contributed by atoms with E-state index in [4.69, 9.17) is 14.2 Å². The lowest BCUT2D eigenvalue weighted by Gasteiger charge is -2.14. The third kappa shape index (κ3) is 2.91. The molecule has 0 spiro atoms. The molecule has 0 amide bonds. The minimum atomic E-state index is -0.392. The van der Waals surface area contributed by atoms with Crippen molar-refractivity contribution in [2.45, 2.75) is 6.42 Å². The van der Waals surface area contributed by atoms with Crippen molar-refractivity contribution in [3.8, 4) is 23.1 Å². The lowest BCUT2D eigenvalue weighted by atomic mass is 10.1. The Balaban J connectivity index is 2.48. The van der Waals surface area contributed by atoms with Crippen LogP contribution in [0.25, 0.3) is 0 Å². The maximum Gasteiger partial charge on any atom is 0.258 e. The number of methoxy groups -OCH3 is 3. The molecule has 0 fully saturated rings. The van der Waals surface area contributed by atoms with Crippen molar-refractivity contribution >= 4 is 0 Å². The Kier molecular flexibility index (Phi) is 4.32. The van der Waals surface area contributed by atoms with Crippen LogP contribution in [0.2, 0.25) is 0 Å². The second kappa shape index (κ2) is 6.17. The van der Waals surface area contributed by atoms with Crippen LogP contribution in [0, 0.1) is 0 Å². The van der Waals surface area contributed by atoms with Gasteiger partial charge in [0.15, 0.2) is 11.5 Å². The van der Waals surface area contributed by atoms with Gasteiger partial charge in [-0.15, -0.1) is 0 Å². The third-order valence-corrected chi connectivity index (χ3v) is 3.03. The Bertz CT molecular complexity index is 671. The molecule has 0 radical (unpaired) electrons. The lowest BCUT2D eigenvalue weighted by Crippen LogP contribution is -2.13. The lowest BCUT2D eigenvalue weighted by molar-refractivity contribution is 0.324. The standard InChI is InChI=1S/C14H16N2O5/c1-19-10-5-8(6-11(20-2)12(10)21-3)4-9-13(17)15-7-16-14(9)18/h5-7H,4H2,1-3H3,(H2,15,16,17,18). The fraction of sp³-hybridized carbons (Fsp3) is 0.286. The SMILES string of the molecule is COc1cc(Cc2c(O)nc[nH]c2=O)cc(OC)c1OC. The zero-order valence-electron chi connectivity index (χ0n) is 12.0. The van der Waals surface area contributed by atoms with E-state index in [2.05, 4.69) is 9.97 Å². The monoisotopic (exact) mass is 292 g/mol. The quantitative estimate of drug-likeness (QED) is 0.857. The molecular formula is C14H16N2O5. The van der Waals surface area contributed by atoms with E-state index in [-0.39, 0.29) is 17.9 Å². The van der Waals surface area contributed by atoms with Crippen LogP contribution in [-0.4, -0.2) is 36.4 Å². The van der Waals surface area contributed by atoms with Crippen LogP contribution < -0.4 is 19.8 Å². The number of nitrogens with one attached hydrogen (secondary N) is 1. The van der Waals surface area contributed by atoms with Gasteiger partial charge >= 0.3 is 0 Å². The average molecular weight is 292 g/mol. The summed E-state index contributed by atoms with van der Waals surface area (Å²) < 4.78 is 15.7. The fourth-order valence-electron chi connectivity index (χ4n) is 2.02. The summed E-state index contributed by atoms with van der Waals surface area (Å²) in [7, 11) is 4.53. The van der Waals surface area contributed by atoms with E-state index in [9.17, 15) is 9.90 Å². The number of nitrogens with zero attached hydrogens (tertiary/aromatic N) is 1. The summed E-state index contributed by atoms with van der Waals surface area (Å²) in [6.45, 7) is 0. The van der Waals surface area contributed by atoms with Crippen molar-refractivity contribution in [1.29, 1.82) is 0 Å². The molecule has 0 saturated carbocycles.